The van der Waals surface area contributed by atoms with Gasteiger partial charge < -0.3 is 14.5 Å². The molecule has 1 aliphatic heterocycles. The largest absolute Gasteiger partial charge is 0.497 e. The third-order valence-corrected chi connectivity index (χ3v) is 6.49. The summed E-state index contributed by atoms with van der Waals surface area (Å²) in [6.45, 7) is 2.56. The number of halogens is 1. The van der Waals surface area contributed by atoms with Gasteiger partial charge in [0.25, 0.3) is 0 Å². The minimum absolute atomic E-state index is 0.00799. The summed E-state index contributed by atoms with van der Waals surface area (Å²) in [6, 6.07) is 15.1. The lowest BCUT2D eigenvalue weighted by atomic mass is 9.92. The average molecular weight is 449 g/mol. The first-order valence-electron chi connectivity index (χ1n) is 10.8. The molecular formula is C26H25ClN2O3. The third-order valence-electron chi connectivity index (χ3n) is 6.18. The van der Waals surface area contributed by atoms with Gasteiger partial charge in [0, 0.05) is 22.8 Å². The van der Waals surface area contributed by atoms with E-state index in [0.29, 0.717) is 12.3 Å². The average Bonchev–Trinajstić information content (AvgIpc) is 3.18. The molecule has 1 aliphatic carbocycles. The van der Waals surface area contributed by atoms with Crippen molar-refractivity contribution in [1.29, 1.82) is 0 Å². The molecule has 5 rings (SSSR count). The van der Waals surface area contributed by atoms with Gasteiger partial charge in [0.15, 0.2) is 0 Å². The molecule has 0 saturated heterocycles. The molecule has 2 heterocycles. The Morgan fingerprint density at radius 1 is 1.09 bits per heavy atom. The third kappa shape index (κ3) is 3.78. The summed E-state index contributed by atoms with van der Waals surface area (Å²) in [4.78, 5) is 18.7. The molecule has 164 valence electrons. The monoisotopic (exact) mass is 448 g/mol. The fourth-order valence-electron chi connectivity index (χ4n) is 4.54. The molecule has 6 heteroatoms. The van der Waals surface area contributed by atoms with Gasteiger partial charge in [0.1, 0.15) is 17.5 Å². The number of carbonyl (C=O) groups is 1. The Hall–Kier alpha value is -3.18. The fourth-order valence-corrected chi connectivity index (χ4v) is 4.76. The molecule has 0 saturated carbocycles. The van der Waals surface area contributed by atoms with E-state index in [-0.39, 0.29) is 17.5 Å². The molecule has 0 spiro atoms. The number of aromatic nitrogens is 1. The lowest BCUT2D eigenvalue weighted by Gasteiger charge is -2.35. The van der Waals surface area contributed by atoms with Crippen molar-refractivity contribution in [2.75, 3.05) is 13.7 Å². The highest BCUT2D eigenvalue weighted by Gasteiger charge is 2.35. The Morgan fingerprint density at radius 2 is 1.81 bits per heavy atom. The van der Waals surface area contributed by atoms with E-state index in [4.69, 9.17) is 21.1 Å². The number of aryl methyl sites for hydroxylation is 1. The number of amides is 1. The zero-order valence-electron chi connectivity index (χ0n) is 18.1. The quantitative estimate of drug-likeness (QED) is 0.615. The van der Waals surface area contributed by atoms with Crippen molar-refractivity contribution in [3.8, 4) is 11.5 Å². The van der Waals surface area contributed by atoms with Crippen molar-refractivity contribution in [2.45, 2.75) is 31.2 Å². The van der Waals surface area contributed by atoms with Crippen LogP contribution >= 0.6 is 11.6 Å². The van der Waals surface area contributed by atoms with Crippen LogP contribution in [0.5, 0.6) is 11.5 Å². The van der Waals surface area contributed by atoms with E-state index in [1.54, 1.807) is 12.0 Å². The number of fused-ring (bicyclic) bond motifs is 3. The predicted octanol–water partition coefficient (Wildman–Crippen LogP) is 4.05. The number of nitrogens with zero attached hydrogens (tertiary/aromatic N) is 1. The van der Waals surface area contributed by atoms with Gasteiger partial charge in [0.2, 0.25) is 0 Å². The van der Waals surface area contributed by atoms with Gasteiger partial charge in [-0.2, -0.15) is 0 Å². The smallest absolute Gasteiger partial charge is 0.416 e. The van der Waals surface area contributed by atoms with E-state index < -0.39 is 0 Å². The number of hydrogen-bond donors (Lipinski definition) is 1. The number of H-pyrrole nitrogens is 1. The second kappa shape index (κ2) is 8.40. The predicted molar refractivity (Wildman–Crippen MR) is 126 cm³/mol. The van der Waals surface area contributed by atoms with Crippen LogP contribution in [0.15, 0.2) is 48.5 Å². The highest BCUT2D eigenvalue weighted by molar-refractivity contribution is 6.24. The molecule has 2 aliphatic rings. The van der Waals surface area contributed by atoms with Gasteiger partial charge in [0.05, 0.1) is 12.5 Å². The first kappa shape index (κ1) is 20.7. The zero-order chi connectivity index (χ0) is 22.2. The van der Waals surface area contributed by atoms with Crippen molar-refractivity contribution in [2.24, 2.45) is 0 Å². The number of nitrogens with one attached hydrogen (secondary N) is 1. The number of hydrogen-bond acceptors (Lipinski definition) is 3. The summed E-state index contributed by atoms with van der Waals surface area (Å²) in [7, 11) is 1.65. The van der Waals surface area contributed by atoms with Gasteiger partial charge >= 0.3 is 6.09 Å². The Balaban J connectivity index is 1.57. The summed E-state index contributed by atoms with van der Waals surface area (Å²) in [5, 5.41) is 2.24. The molecule has 1 amide bonds. The SMILES string of the molecule is COc1ccc(C2c3[nH]c4c(c3CCN2C(=O)Oc2ccc(C)cc2)=CC(Cl)CC=4)cc1. The minimum Gasteiger partial charge on any atom is -0.497 e. The molecule has 2 aromatic carbocycles. The van der Waals surface area contributed by atoms with E-state index >= 15 is 0 Å². The van der Waals surface area contributed by atoms with Crippen LogP contribution in [0.2, 0.25) is 0 Å². The van der Waals surface area contributed by atoms with Crippen molar-refractivity contribution < 1.29 is 14.3 Å². The maximum atomic E-state index is 13.3. The lowest BCUT2D eigenvalue weighted by molar-refractivity contribution is 0.135. The molecule has 2 atom stereocenters. The van der Waals surface area contributed by atoms with Gasteiger partial charge in [-0.15, -0.1) is 11.6 Å². The molecule has 3 aromatic rings. The van der Waals surface area contributed by atoms with E-state index in [9.17, 15) is 4.79 Å². The van der Waals surface area contributed by atoms with Crippen LogP contribution in [-0.4, -0.2) is 35.0 Å². The highest BCUT2D eigenvalue weighted by Crippen LogP contribution is 2.34. The lowest BCUT2D eigenvalue weighted by Crippen LogP contribution is -2.43. The van der Waals surface area contributed by atoms with E-state index in [0.717, 1.165) is 46.0 Å². The molecule has 1 aromatic heterocycles. The van der Waals surface area contributed by atoms with Crippen LogP contribution in [0.4, 0.5) is 4.79 Å². The first-order valence-corrected chi connectivity index (χ1v) is 11.2. The van der Waals surface area contributed by atoms with Crippen LogP contribution in [0.3, 0.4) is 0 Å². The minimum atomic E-state index is -0.365. The second-order valence-electron chi connectivity index (χ2n) is 8.27. The Labute approximate surface area is 191 Å². The summed E-state index contributed by atoms with van der Waals surface area (Å²) in [5.74, 6) is 1.31. The molecule has 0 fully saturated rings. The normalized spacial score (nSPS) is 19.3. The van der Waals surface area contributed by atoms with Crippen molar-refractivity contribution in [3.63, 3.8) is 0 Å². The molecule has 0 bridgehead atoms. The van der Waals surface area contributed by atoms with Crippen molar-refractivity contribution in [1.82, 2.24) is 9.88 Å². The van der Waals surface area contributed by atoms with Crippen LogP contribution < -0.4 is 20.0 Å². The summed E-state index contributed by atoms with van der Waals surface area (Å²) >= 11 is 6.41. The first-order chi connectivity index (χ1) is 15.5. The van der Waals surface area contributed by atoms with Gasteiger partial charge in [-0.1, -0.05) is 42.0 Å². The molecule has 5 nitrogen and oxygen atoms in total. The van der Waals surface area contributed by atoms with Crippen LogP contribution in [-0.2, 0) is 6.42 Å². The van der Waals surface area contributed by atoms with Gasteiger partial charge in [-0.25, -0.2) is 4.79 Å². The van der Waals surface area contributed by atoms with Crippen molar-refractivity contribution >= 4 is 29.8 Å². The number of benzene rings is 2. The number of methoxy groups -OCH3 is 1. The topological polar surface area (TPSA) is 54.6 Å². The number of aromatic amines is 1. The molecular weight excluding hydrogens is 424 g/mol. The van der Waals surface area contributed by atoms with Crippen LogP contribution in [0.25, 0.3) is 12.2 Å². The highest BCUT2D eigenvalue weighted by atomic mass is 35.5. The van der Waals surface area contributed by atoms with Crippen LogP contribution in [0, 0.1) is 6.92 Å². The second-order valence-corrected chi connectivity index (χ2v) is 8.83. The number of alkyl halides is 1. The summed E-state index contributed by atoms with van der Waals surface area (Å²) in [5.41, 5.74) is 4.35. The number of ether oxygens (including phenoxy) is 2. The van der Waals surface area contributed by atoms with E-state index in [2.05, 4.69) is 17.1 Å². The summed E-state index contributed by atoms with van der Waals surface area (Å²) < 4.78 is 11.1. The summed E-state index contributed by atoms with van der Waals surface area (Å²) in [6.07, 6.45) is 5.43. The zero-order valence-corrected chi connectivity index (χ0v) is 18.9. The Morgan fingerprint density at radius 3 is 2.53 bits per heavy atom. The number of rotatable bonds is 3. The van der Waals surface area contributed by atoms with E-state index in [1.165, 1.54) is 5.56 Å². The van der Waals surface area contributed by atoms with Gasteiger partial charge in [-0.05, 0) is 55.2 Å². The maximum Gasteiger partial charge on any atom is 0.416 e. The standard InChI is InChI=1S/C26H25ClN2O3/c1-16-3-8-20(9-4-16)32-26(30)29-14-13-21-22-15-18(27)7-12-23(22)28-24(21)25(29)17-5-10-19(31-2)11-6-17/h3-6,8-12,15,18,25,28H,7,13-14H2,1-2H3. The fraction of sp³-hybridized carbons (Fsp3) is 0.269. The maximum absolute atomic E-state index is 13.3. The number of carbonyl (C=O) groups excluding carboxylic acids is 1. The van der Waals surface area contributed by atoms with E-state index in [1.807, 2.05) is 55.5 Å². The molecule has 2 unspecified atom stereocenters. The molecule has 32 heavy (non-hydrogen) atoms. The molecule has 0 radical (unpaired) electrons. The molecule has 1 N–H and O–H groups in total. The Kier molecular flexibility index (Phi) is 5.43. The van der Waals surface area contributed by atoms with Gasteiger partial charge in [-0.3, -0.25) is 4.90 Å². The Bertz CT molecular complexity index is 1260. The van der Waals surface area contributed by atoms with Crippen LogP contribution in [0.1, 0.15) is 34.8 Å². The van der Waals surface area contributed by atoms with Crippen molar-refractivity contribution in [3.05, 3.63) is 81.5 Å².